The Balaban J connectivity index is 1.47. The molecule has 4 rings (SSSR count). The first kappa shape index (κ1) is 16.6. The average Bonchev–Trinajstić information content (AvgIpc) is 3.42. The van der Waals surface area contributed by atoms with Crippen LogP contribution in [0, 0.1) is 0 Å². The fourth-order valence-electron chi connectivity index (χ4n) is 2.69. The third-order valence-electron chi connectivity index (χ3n) is 4.15. The molecule has 0 bridgehead atoms. The lowest BCUT2D eigenvalue weighted by atomic mass is 10.1. The zero-order valence-electron chi connectivity index (χ0n) is 14.5. The van der Waals surface area contributed by atoms with E-state index in [1.54, 1.807) is 29.2 Å². The number of carbonyl (C=O) groups is 1. The van der Waals surface area contributed by atoms with Gasteiger partial charge in [-0.3, -0.25) is 4.79 Å². The molecular weight excluding hydrogens is 344 g/mol. The molecule has 1 atom stereocenters. The summed E-state index contributed by atoms with van der Waals surface area (Å²) in [7, 11) is 0. The van der Waals surface area contributed by atoms with E-state index in [1.165, 1.54) is 17.3 Å². The number of nitrogens with zero attached hydrogens (tertiary/aromatic N) is 7. The Bertz CT molecular complexity index is 1030. The van der Waals surface area contributed by atoms with E-state index in [9.17, 15) is 4.79 Å². The normalized spacial score (nSPS) is 11.9. The van der Waals surface area contributed by atoms with Crippen LogP contribution < -0.4 is 5.32 Å². The fourth-order valence-corrected chi connectivity index (χ4v) is 2.69. The van der Waals surface area contributed by atoms with E-state index in [0.717, 1.165) is 16.9 Å². The van der Waals surface area contributed by atoms with Crippen molar-refractivity contribution in [2.45, 2.75) is 13.0 Å². The maximum absolute atomic E-state index is 12.6. The number of carbonyl (C=O) groups excluding carboxylic acids is 1. The topological polar surface area (TPSA) is 103 Å². The largest absolute Gasteiger partial charge is 0.346 e. The molecule has 2 heterocycles. The molecule has 2 aromatic carbocycles. The molecule has 0 spiro atoms. The van der Waals surface area contributed by atoms with Gasteiger partial charge in [0.2, 0.25) is 0 Å². The van der Waals surface area contributed by atoms with Crippen molar-refractivity contribution in [3.63, 3.8) is 0 Å². The molecule has 0 saturated heterocycles. The second kappa shape index (κ2) is 7.16. The average molecular weight is 360 g/mol. The van der Waals surface area contributed by atoms with Crippen LogP contribution in [0.4, 0.5) is 0 Å². The Hall–Kier alpha value is -3.88. The number of amides is 1. The highest BCUT2D eigenvalue weighted by Crippen LogP contribution is 2.16. The molecule has 0 aliphatic carbocycles. The highest BCUT2D eigenvalue weighted by Gasteiger charge is 2.13. The molecular formula is C18H16N8O. The van der Waals surface area contributed by atoms with Gasteiger partial charge in [0.15, 0.2) is 0 Å². The van der Waals surface area contributed by atoms with Crippen molar-refractivity contribution in [1.82, 2.24) is 40.3 Å². The predicted molar refractivity (Wildman–Crippen MR) is 96.4 cm³/mol. The summed E-state index contributed by atoms with van der Waals surface area (Å²) in [5.74, 6) is -0.169. The van der Waals surface area contributed by atoms with E-state index >= 15 is 0 Å². The first-order chi connectivity index (χ1) is 13.2. The van der Waals surface area contributed by atoms with Gasteiger partial charge in [-0.05, 0) is 53.2 Å². The highest BCUT2D eigenvalue weighted by atomic mass is 16.1. The monoisotopic (exact) mass is 360 g/mol. The van der Waals surface area contributed by atoms with Crippen molar-refractivity contribution in [1.29, 1.82) is 0 Å². The molecule has 2 aromatic heterocycles. The maximum atomic E-state index is 12.6. The summed E-state index contributed by atoms with van der Waals surface area (Å²) in [6.07, 6.45) is 4.61. The van der Waals surface area contributed by atoms with E-state index in [1.807, 2.05) is 37.3 Å². The summed E-state index contributed by atoms with van der Waals surface area (Å²) < 4.78 is 3.18. The van der Waals surface area contributed by atoms with E-state index in [0.29, 0.717) is 5.56 Å². The van der Waals surface area contributed by atoms with Crippen molar-refractivity contribution >= 4 is 5.91 Å². The van der Waals surface area contributed by atoms with Crippen LogP contribution in [-0.4, -0.2) is 40.9 Å². The van der Waals surface area contributed by atoms with Crippen LogP contribution in [0.2, 0.25) is 0 Å². The van der Waals surface area contributed by atoms with Crippen molar-refractivity contribution < 1.29 is 4.79 Å². The molecule has 0 radical (unpaired) electrons. The van der Waals surface area contributed by atoms with Gasteiger partial charge in [0.05, 0.1) is 17.4 Å². The van der Waals surface area contributed by atoms with Gasteiger partial charge in [-0.15, -0.1) is 5.10 Å². The first-order valence-electron chi connectivity index (χ1n) is 8.30. The van der Waals surface area contributed by atoms with Crippen LogP contribution in [0.15, 0.2) is 67.5 Å². The van der Waals surface area contributed by atoms with Gasteiger partial charge < -0.3 is 5.32 Å². The molecule has 1 N–H and O–H groups in total. The Morgan fingerprint density at radius 3 is 2.59 bits per heavy atom. The summed E-state index contributed by atoms with van der Waals surface area (Å²) in [6.45, 7) is 1.94. The summed E-state index contributed by atoms with van der Waals surface area (Å²) in [4.78, 5) is 16.5. The summed E-state index contributed by atoms with van der Waals surface area (Å²) in [5.41, 5.74) is 3.15. The summed E-state index contributed by atoms with van der Waals surface area (Å²) in [6, 6.07) is 14.8. The van der Waals surface area contributed by atoms with Crippen molar-refractivity contribution in [2.75, 3.05) is 0 Å². The Kier molecular flexibility index (Phi) is 4.40. The zero-order valence-corrected chi connectivity index (χ0v) is 14.5. The number of aromatic nitrogens is 7. The van der Waals surface area contributed by atoms with Gasteiger partial charge in [0, 0.05) is 5.56 Å². The third kappa shape index (κ3) is 3.56. The second-order valence-electron chi connectivity index (χ2n) is 5.93. The lowest BCUT2D eigenvalue weighted by Crippen LogP contribution is -2.26. The minimum absolute atomic E-state index is 0.154. The summed E-state index contributed by atoms with van der Waals surface area (Å²) >= 11 is 0. The summed E-state index contributed by atoms with van der Waals surface area (Å²) in [5, 5.41) is 18.2. The molecule has 1 amide bonds. The first-order valence-corrected chi connectivity index (χ1v) is 8.30. The zero-order chi connectivity index (χ0) is 18.6. The maximum Gasteiger partial charge on any atom is 0.251 e. The van der Waals surface area contributed by atoms with Gasteiger partial charge >= 0.3 is 0 Å². The molecule has 0 aliphatic rings. The van der Waals surface area contributed by atoms with Gasteiger partial charge in [0.1, 0.15) is 19.0 Å². The van der Waals surface area contributed by atoms with Crippen molar-refractivity contribution in [3.8, 4) is 11.4 Å². The predicted octanol–water partition coefficient (Wildman–Crippen LogP) is 1.73. The lowest BCUT2D eigenvalue weighted by molar-refractivity contribution is 0.0940. The molecule has 9 nitrogen and oxygen atoms in total. The number of nitrogens with one attached hydrogen (secondary N) is 1. The molecule has 1 unspecified atom stereocenters. The van der Waals surface area contributed by atoms with Gasteiger partial charge in [-0.2, -0.15) is 5.10 Å². The van der Waals surface area contributed by atoms with Crippen molar-refractivity contribution in [3.05, 3.63) is 78.6 Å². The fraction of sp³-hybridized carbons (Fsp3) is 0.111. The molecule has 9 heteroatoms. The van der Waals surface area contributed by atoms with Crippen LogP contribution in [0.5, 0.6) is 0 Å². The van der Waals surface area contributed by atoms with Crippen molar-refractivity contribution in [2.24, 2.45) is 0 Å². The number of hydrogen-bond donors (Lipinski definition) is 1. The second-order valence-corrected chi connectivity index (χ2v) is 5.93. The Morgan fingerprint density at radius 2 is 1.89 bits per heavy atom. The minimum atomic E-state index is -0.169. The highest BCUT2D eigenvalue weighted by molar-refractivity contribution is 5.95. The standard InChI is InChI=1S/C18H16N8O/c1-13(14-5-7-16(8-6-14)25-11-19-10-21-25)22-18(27)15-3-2-4-17(9-15)26-12-20-23-24-26/h2-13H,1H3,(H,22,27). The Morgan fingerprint density at radius 1 is 1.04 bits per heavy atom. The third-order valence-corrected chi connectivity index (χ3v) is 4.15. The lowest BCUT2D eigenvalue weighted by Gasteiger charge is -2.15. The molecule has 134 valence electrons. The number of hydrogen-bond acceptors (Lipinski definition) is 6. The molecule has 27 heavy (non-hydrogen) atoms. The quantitative estimate of drug-likeness (QED) is 0.581. The van der Waals surface area contributed by atoms with E-state index in [4.69, 9.17) is 0 Å². The van der Waals surface area contributed by atoms with Crippen LogP contribution >= 0.6 is 0 Å². The SMILES string of the molecule is CC(NC(=O)c1cccc(-n2cnnn2)c1)c1ccc(-n2cncn2)cc1. The molecule has 0 aliphatic heterocycles. The smallest absolute Gasteiger partial charge is 0.251 e. The van der Waals surface area contributed by atoms with Gasteiger partial charge in [0.25, 0.3) is 5.91 Å². The van der Waals surface area contributed by atoms with Crippen LogP contribution in [0.3, 0.4) is 0 Å². The Labute approximate surface area is 154 Å². The number of tetrazole rings is 1. The molecule has 0 saturated carbocycles. The van der Waals surface area contributed by atoms with Crippen LogP contribution in [0.1, 0.15) is 28.9 Å². The van der Waals surface area contributed by atoms with Crippen LogP contribution in [-0.2, 0) is 0 Å². The van der Waals surface area contributed by atoms with Crippen LogP contribution in [0.25, 0.3) is 11.4 Å². The number of rotatable bonds is 5. The molecule has 4 aromatic rings. The number of benzene rings is 2. The van der Waals surface area contributed by atoms with E-state index in [-0.39, 0.29) is 11.9 Å². The minimum Gasteiger partial charge on any atom is -0.346 e. The van der Waals surface area contributed by atoms with Gasteiger partial charge in [-0.1, -0.05) is 18.2 Å². The van der Waals surface area contributed by atoms with Gasteiger partial charge in [-0.25, -0.2) is 14.3 Å². The van der Waals surface area contributed by atoms with E-state index in [2.05, 4.69) is 30.9 Å². The van der Waals surface area contributed by atoms with E-state index < -0.39 is 0 Å². The molecule has 0 fully saturated rings.